The van der Waals surface area contributed by atoms with E-state index in [0.717, 1.165) is 30.5 Å². The fraction of sp³-hybridized carbons (Fsp3) is 0.526. The second-order valence-corrected chi connectivity index (χ2v) is 7.29. The van der Waals surface area contributed by atoms with Crippen molar-refractivity contribution in [2.45, 2.75) is 30.7 Å². The van der Waals surface area contributed by atoms with Crippen molar-refractivity contribution >= 4 is 5.71 Å². The molecule has 2 bridgehead atoms. The third kappa shape index (κ3) is 2.10. The van der Waals surface area contributed by atoms with E-state index >= 15 is 0 Å². The Hall–Kier alpha value is -2.21. The Morgan fingerprint density at radius 1 is 1.28 bits per heavy atom. The molecular weight excluding hydrogens is 320 g/mol. The summed E-state index contributed by atoms with van der Waals surface area (Å²) in [5, 5.41) is 23.9. The van der Waals surface area contributed by atoms with Crippen molar-refractivity contribution < 1.29 is 19.8 Å². The van der Waals surface area contributed by atoms with Crippen LogP contribution in [0.4, 0.5) is 0 Å². The highest BCUT2D eigenvalue weighted by Crippen LogP contribution is 2.57. The molecule has 1 fully saturated rings. The minimum absolute atomic E-state index is 0.192. The van der Waals surface area contributed by atoms with Gasteiger partial charge in [-0.3, -0.25) is 0 Å². The van der Waals surface area contributed by atoms with Gasteiger partial charge in [-0.1, -0.05) is 11.2 Å². The number of benzene rings is 1. The van der Waals surface area contributed by atoms with E-state index < -0.39 is 0 Å². The average molecular weight is 344 g/mol. The number of phenolic OH excluding ortho intramolecular Hbond substituents is 1. The molecule has 0 spiro atoms. The average Bonchev–Trinajstić information content (AvgIpc) is 2.63. The highest BCUT2D eigenvalue weighted by Gasteiger charge is 2.56. The second kappa shape index (κ2) is 5.66. The number of likely N-dealkylation sites (N-methyl/N-ethyl adjacent to an activating group) is 1. The fourth-order valence-corrected chi connectivity index (χ4v) is 5.14. The van der Waals surface area contributed by atoms with Crippen molar-refractivity contribution in [1.82, 2.24) is 4.90 Å². The van der Waals surface area contributed by atoms with E-state index in [1.54, 1.807) is 14.2 Å². The van der Waals surface area contributed by atoms with Gasteiger partial charge in [0.25, 0.3) is 0 Å². The largest absolute Gasteiger partial charge is 0.504 e. The molecule has 3 aliphatic rings. The molecule has 1 saturated heterocycles. The van der Waals surface area contributed by atoms with Gasteiger partial charge in [0.05, 0.1) is 14.2 Å². The smallest absolute Gasteiger partial charge is 0.161 e. The van der Waals surface area contributed by atoms with Crippen LogP contribution in [0.25, 0.3) is 0 Å². The number of hydrogen-bond acceptors (Lipinski definition) is 6. The third-order valence-corrected chi connectivity index (χ3v) is 6.34. The number of oxime groups is 1. The van der Waals surface area contributed by atoms with Crippen LogP contribution in [0.3, 0.4) is 0 Å². The number of likely N-dealkylation sites (tertiary alicyclic amines) is 1. The zero-order valence-electron chi connectivity index (χ0n) is 14.8. The van der Waals surface area contributed by atoms with Gasteiger partial charge in [-0.05, 0) is 44.1 Å². The van der Waals surface area contributed by atoms with Crippen molar-refractivity contribution in [3.8, 4) is 11.5 Å². The molecule has 1 heterocycles. The Morgan fingerprint density at radius 2 is 2.08 bits per heavy atom. The number of hydrogen-bond donors (Lipinski definition) is 2. The minimum atomic E-state index is -0.299. The van der Waals surface area contributed by atoms with E-state index in [2.05, 4.69) is 29.2 Å². The van der Waals surface area contributed by atoms with Crippen molar-refractivity contribution in [3.05, 3.63) is 35.1 Å². The maximum absolute atomic E-state index is 10.9. The topological polar surface area (TPSA) is 74.5 Å². The highest BCUT2D eigenvalue weighted by atomic mass is 16.5. The molecule has 6 nitrogen and oxygen atoms in total. The normalized spacial score (nSPS) is 32.6. The van der Waals surface area contributed by atoms with Crippen LogP contribution in [0.1, 0.15) is 24.0 Å². The van der Waals surface area contributed by atoms with Crippen LogP contribution in [0.2, 0.25) is 0 Å². The number of methoxy groups -OCH3 is 2. The molecule has 0 radical (unpaired) electrons. The summed E-state index contributed by atoms with van der Waals surface area (Å²) in [6.45, 7) is 0.937. The number of piperidine rings is 1. The van der Waals surface area contributed by atoms with Gasteiger partial charge >= 0.3 is 0 Å². The molecule has 2 aliphatic carbocycles. The summed E-state index contributed by atoms with van der Waals surface area (Å²) >= 11 is 0. The zero-order chi connectivity index (χ0) is 17.8. The van der Waals surface area contributed by atoms with Crippen LogP contribution in [-0.2, 0) is 16.6 Å². The zero-order valence-corrected chi connectivity index (χ0v) is 14.8. The predicted octanol–water partition coefficient (Wildman–Crippen LogP) is 2.28. The van der Waals surface area contributed by atoms with Gasteiger partial charge in [-0.2, -0.15) is 0 Å². The molecular formula is C19H24N2O4. The van der Waals surface area contributed by atoms with E-state index in [1.807, 2.05) is 6.07 Å². The molecule has 134 valence electrons. The lowest BCUT2D eigenvalue weighted by atomic mass is 9.53. The van der Waals surface area contributed by atoms with E-state index in [4.69, 9.17) is 9.47 Å². The number of phenols is 1. The van der Waals surface area contributed by atoms with Crippen molar-refractivity contribution in [1.29, 1.82) is 0 Å². The van der Waals surface area contributed by atoms with E-state index in [9.17, 15) is 10.3 Å². The van der Waals surface area contributed by atoms with Gasteiger partial charge in [0, 0.05) is 29.4 Å². The molecule has 0 saturated carbocycles. The molecule has 25 heavy (non-hydrogen) atoms. The Morgan fingerprint density at radius 3 is 2.76 bits per heavy atom. The maximum Gasteiger partial charge on any atom is 0.161 e. The third-order valence-electron chi connectivity index (χ3n) is 6.34. The lowest BCUT2D eigenvalue weighted by Gasteiger charge is -2.57. The molecule has 0 amide bonds. The summed E-state index contributed by atoms with van der Waals surface area (Å²) in [4.78, 5) is 2.39. The summed E-state index contributed by atoms with van der Waals surface area (Å²) < 4.78 is 10.8. The van der Waals surface area contributed by atoms with Crippen molar-refractivity contribution in [2.75, 3.05) is 27.8 Å². The molecule has 2 N–H and O–H groups in total. The van der Waals surface area contributed by atoms with Gasteiger partial charge < -0.3 is 24.7 Å². The quantitative estimate of drug-likeness (QED) is 0.636. The standard InChI is InChI=1S/C19H24N2O4/c1-21-7-6-19-10-13(20-23)16(25-3)9-12(19)14(21)8-11-4-5-15(24-2)18(22)17(11)19/h4-5,9,12,14,22-23H,6-8,10H2,1-3H3/b20-13-/t12-,14+,19-/m0/s1. The molecule has 0 unspecified atom stereocenters. The van der Waals surface area contributed by atoms with Crippen LogP contribution in [-0.4, -0.2) is 54.8 Å². The summed E-state index contributed by atoms with van der Waals surface area (Å²) in [5.41, 5.74) is 2.34. The number of ether oxygens (including phenoxy) is 2. The predicted molar refractivity (Wildman–Crippen MR) is 93.5 cm³/mol. The summed E-state index contributed by atoms with van der Waals surface area (Å²) in [6, 6.07) is 4.23. The van der Waals surface area contributed by atoms with Crippen LogP contribution in [0.5, 0.6) is 11.5 Å². The van der Waals surface area contributed by atoms with Gasteiger partial charge in [-0.25, -0.2) is 0 Å². The highest BCUT2D eigenvalue weighted by molar-refractivity contribution is 6.00. The maximum atomic E-state index is 10.9. The minimum Gasteiger partial charge on any atom is -0.504 e. The van der Waals surface area contributed by atoms with Crippen LogP contribution < -0.4 is 4.74 Å². The lowest BCUT2D eigenvalue weighted by Crippen LogP contribution is -2.60. The summed E-state index contributed by atoms with van der Waals surface area (Å²) in [7, 11) is 5.33. The first-order chi connectivity index (χ1) is 12.1. The Bertz CT molecular complexity index is 773. The SMILES string of the molecule is COC1=C[C@H]2[C@H]3Cc4ccc(OC)c(O)c4[C@@]2(CCN3C)C/C1=N/O. The molecule has 1 aliphatic heterocycles. The van der Waals surface area contributed by atoms with Gasteiger partial charge in [0.2, 0.25) is 0 Å². The van der Waals surface area contributed by atoms with Crippen LogP contribution >= 0.6 is 0 Å². The summed E-state index contributed by atoms with van der Waals surface area (Å²) in [6.07, 6.45) is 4.38. The number of allylic oxidation sites excluding steroid dienone is 1. The van der Waals surface area contributed by atoms with Crippen molar-refractivity contribution in [2.24, 2.45) is 11.1 Å². The molecule has 6 heteroatoms. The molecule has 0 aromatic heterocycles. The first-order valence-electron chi connectivity index (χ1n) is 8.62. The van der Waals surface area contributed by atoms with E-state index in [1.165, 1.54) is 0 Å². The Labute approximate surface area is 147 Å². The number of fused-ring (bicyclic) bond motifs is 1. The van der Waals surface area contributed by atoms with Crippen LogP contribution in [0.15, 0.2) is 29.1 Å². The second-order valence-electron chi connectivity index (χ2n) is 7.29. The van der Waals surface area contributed by atoms with E-state index in [-0.39, 0.29) is 17.1 Å². The lowest BCUT2D eigenvalue weighted by molar-refractivity contribution is 0.0520. The molecule has 1 aromatic carbocycles. The van der Waals surface area contributed by atoms with Gasteiger partial charge in [-0.15, -0.1) is 0 Å². The van der Waals surface area contributed by atoms with Gasteiger partial charge in [0.1, 0.15) is 11.5 Å². The Kier molecular flexibility index (Phi) is 3.68. The first kappa shape index (κ1) is 16.3. The summed E-state index contributed by atoms with van der Waals surface area (Å²) in [5.74, 6) is 1.54. The number of aromatic hydroxyl groups is 1. The number of nitrogens with zero attached hydrogens (tertiary/aromatic N) is 2. The monoisotopic (exact) mass is 344 g/mol. The number of rotatable bonds is 2. The van der Waals surface area contributed by atoms with Crippen LogP contribution in [0, 0.1) is 5.92 Å². The molecule has 4 rings (SSSR count). The Balaban J connectivity index is 1.98. The molecule has 1 aromatic rings. The van der Waals surface area contributed by atoms with E-state index in [0.29, 0.717) is 29.7 Å². The first-order valence-corrected chi connectivity index (χ1v) is 8.62. The fourth-order valence-electron chi connectivity index (χ4n) is 5.14. The van der Waals surface area contributed by atoms with Crippen molar-refractivity contribution in [3.63, 3.8) is 0 Å². The molecule has 3 atom stereocenters. The van der Waals surface area contributed by atoms with Gasteiger partial charge in [0.15, 0.2) is 11.5 Å².